The highest BCUT2D eigenvalue weighted by Crippen LogP contribution is 2.35. The first-order valence-electron chi connectivity index (χ1n) is 60.5. The first-order chi connectivity index (χ1) is 76.9. The van der Waals surface area contributed by atoms with Crippen LogP contribution >= 0.6 is 0 Å². The van der Waals surface area contributed by atoms with Crippen LogP contribution < -0.4 is 112 Å². The molecule has 0 amide bonds. The van der Waals surface area contributed by atoms with Gasteiger partial charge in [-0.25, -0.2) is 13.7 Å². The number of aromatic nitrogens is 3. The lowest BCUT2D eigenvalue weighted by Crippen LogP contribution is -2.75. The molecule has 21 rings (SSSR count). The molecule has 15 aromatic carbocycles. The van der Waals surface area contributed by atoms with E-state index in [4.69, 9.17) is 34.3 Å². The summed E-state index contributed by atoms with van der Waals surface area (Å²) in [5.74, 6) is -1.17. The Kier molecular flexibility index (Phi) is 18.9. The molecule has 0 saturated heterocycles. The van der Waals surface area contributed by atoms with Crippen molar-refractivity contribution in [3.8, 4) is 67.2 Å². The van der Waals surface area contributed by atoms with E-state index in [2.05, 4.69) is 165 Å². The Hall–Kier alpha value is -13.9. The second-order valence-corrected chi connectivity index (χ2v) is 39.0. The molecular formula is C130H128B6N3+3. The van der Waals surface area contributed by atoms with Crippen LogP contribution in [0.15, 0.2) is 334 Å². The zero-order valence-corrected chi connectivity index (χ0v) is 82.1. The molecule has 0 N–H and O–H groups in total. The number of hydrogen-bond donors (Lipinski definition) is 0. The largest absolute Gasteiger partial charge is 0.240 e. The molecule has 0 unspecified atom stereocenters. The molecule has 6 heterocycles. The molecule has 0 fully saturated rings. The van der Waals surface area contributed by atoms with E-state index in [1.165, 1.54) is 11.1 Å². The Morgan fingerprint density at radius 2 is 0.453 bits per heavy atom. The summed E-state index contributed by atoms with van der Waals surface area (Å²) in [6.07, 6.45) is 5.39. The normalized spacial score (nSPS) is 15.8. The molecule has 0 aliphatic carbocycles. The fourth-order valence-corrected chi connectivity index (χ4v) is 22.7. The maximum atomic E-state index is 8.87. The first-order valence-corrected chi connectivity index (χ1v) is 48.0. The highest BCUT2D eigenvalue weighted by Gasteiger charge is 2.45. The van der Waals surface area contributed by atoms with Gasteiger partial charge in [0, 0.05) is 86.4 Å². The van der Waals surface area contributed by atoms with Crippen molar-refractivity contribution < 1.29 is 48.0 Å². The standard InChI is InChI=1S/C45H46B2N.C43H42B2N.C42H40B2N/c1-28(2)37-26-43(48(9)27-34(37)8)38-24-35(21-20-29(38)3)36-22-23-41-42(25-36)47(45-32(6)16-13-17-33(45)7)40-19-11-10-18-39(40)46(41)44-30(4)14-12-15-31(44)5;1-27-19-20-34(24-36(27)41-23-32(6)33(7)26-46(41)8)35-21-22-39-40(25-35)45(43-30(4)15-12-16-31(43)5)38-18-10-9-17-37(38)44(39)42-28(2)13-11-14-29(42)3;1-27-22-23-45(7)40(24-27)35-25-33(19-18-28(35)2)34-20-21-38-39(26-34)44(42-31(5)14-11-15-32(42)6)37-17-9-8-16-36(37)43(38)41-29(3)12-10-13-30(41)4/h10-28H,1-9H3;9-26H,1-8H3;8-26H,1-7H3/q3*+1/i4D3,6D3,8D3,28D;2D3,4D3,7D3;3D3,5D3. The predicted molar refractivity (Wildman–Crippen MR) is 605 cm³/mol. The van der Waals surface area contributed by atoms with Gasteiger partial charge in [0.1, 0.15) is 21.1 Å². The zero-order chi connectivity index (χ0) is 118. The van der Waals surface area contributed by atoms with E-state index in [1.54, 1.807) is 86.9 Å². The van der Waals surface area contributed by atoms with Crippen LogP contribution in [0.1, 0.15) is 165 Å². The fraction of sp³-hybridized carbons (Fsp3) is 0.192. The Labute approximate surface area is 866 Å². The fourth-order valence-electron chi connectivity index (χ4n) is 22.7. The Morgan fingerprint density at radius 1 is 0.209 bits per heavy atom. The van der Waals surface area contributed by atoms with E-state index in [9.17, 15) is 0 Å². The number of rotatable bonds is 13. The summed E-state index contributed by atoms with van der Waals surface area (Å²) in [7, 11) is 5.75. The summed E-state index contributed by atoms with van der Waals surface area (Å²) in [6, 6.07) is 103. The van der Waals surface area contributed by atoms with Crippen LogP contribution in [0.5, 0.6) is 0 Å². The van der Waals surface area contributed by atoms with E-state index in [0.717, 1.165) is 205 Å². The number of pyridine rings is 3. The van der Waals surface area contributed by atoms with Crippen molar-refractivity contribution in [2.24, 2.45) is 21.1 Å². The average Bonchev–Trinajstić information content (AvgIpc) is 0.717. The van der Waals surface area contributed by atoms with Gasteiger partial charge in [0.25, 0.3) is 0 Å². The van der Waals surface area contributed by atoms with Gasteiger partial charge in [0.05, 0.1) is 0 Å². The van der Waals surface area contributed by atoms with Crippen LogP contribution in [0.25, 0.3) is 67.2 Å². The maximum absolute atomic E-state index is 8.87. The van der Waals surface area contributed by atoms with Gasteiger partial charge in [0.15, 0.2) is 18.6 Å². The minimum atomic E-state index is -2.39. The molecule has 0 bridgehead atoms. The molecule has 3 aliphatic rings. The van der Waals surface area contributed by atoms with E-state index < -0.39 is 87.6 Å². The molecule has 3 nitrogen and oxygen atoms in total. The topological polar surface area (TPSA) is 11.6 Å². The Bertz CT molecular complexity index is 9020. The van der Waals surface area contributed by atoms with Crippen molar-refractivity contribution in [1.29, 1.82) is 0 Å². The van der Waals surface area contributed by atoms with Crippen LogP contribution in [0.4, 0.5) is 0 Å². The van der Waals surface area contributed by atoms with Crippen molar-refractivity contribution in [2.75, 3.05) is 0 Å². The summed E-state index contributed by atoms with van der Waals surface area (Å²) in [4.78, 5) is 0. The van der Waals surface area contributed by atoms with Gasteiger partial charge < -0.3 is 0 Å². The average molecular weight is 1820 g/mol. The Balaban J connectivity index is 0.000000152. The van der Waals surface area contributed by atoms with Gasteiger partial charge in [-0.3, -0.25) is 0 Å². The van der Waals surface area contributed by atoms with Crippen LogP contribution in [-0.4, -0.2) is 40.3 Å². The van der Waals surface area contributed by atoms with E-state index in [-0.39, 0.29) is 30.1 Å². The number of benzene rings is 15. The molecule has 9 heteroatoms. The number of nitrogens with zero attached hydrogens (tertiary/aromatic N) is 3. The van der Waals surface area contributed by atoms with Crippen LogP contribution in [0, 0.1) is 131 Å². The molecule has 18 aromatic rings. The second-order valence-electron chi connectivity index (χ2n) is 39.0. The van der Waals surface area contributed by atoms with Gasteiger partial charge in [-0.2, -0.15) is 0 Å². The van der Waals surface area contributed by atoms with E-state index in [0.29, 0.717) is 44.4 Å². The summed E-state index contributed by atoms with van der Waals surface area (Å²) in [6.45, 7) is 4.02. The highest BCUT2D eigenvalue weighted by molar-refractivity contribution is 7.13. The summed E-state index contributed by atoms with van der Waals surface area (Å²) >= 11 is 0. The summed E-state index contributed by atoms with van der Waals surface area (Å²) < 4.78 is 218. The van der Waals surface area contributed by atoms with E-state index >= 15 is 0 Å². The molecule has 0 spiro atoms. The molecular weight excluding hydrogens is 1670 g/mol. The molecule has 3 aliphatic heterocycles. The maximum Gasteiger partial charge on any atom is 0.240 e. The van der Waals surface area contributed by atoms with Gasteiger partial charge in [0.2, 0.25) is 57.4 Å². The third-order valence-electron chi connectivity index (χ3n) is 29.8. The van der Waals surface area contributed by atoms with Crippen LogP contribution in [0.3, 0.4) is 0 Å². The third-order valence-corrected chi connectivity index (χ3v) is 29.8. The predicted octanol–water partition coefficient (Wildman–Crippen LogP) is 16.6. The third kappa shape index (κ3) is 17.4. The monoisotopic (exact) mass is 1820 g/mol. The summed E-state index contributed by atoms with van der Waals surface area (Å²) in [5.41, 5.74) is 40.3. The van der Waals surface area contributed by atoms with Gasteiger partial charge in [-0.1, -0.05) is 452 Å². The molecule has 0 radical (unpaired) electrons. The molecule has 139 heavy (non-hydrogen) atoms. The lowest BCUT2D eigenvalue weighted by molar-refractivity contribution is -0.660. The second kappa shape index (κ2) is 38.5. The van der Waals surface area contributed by atoms with Crippen LogP contribution in [0.2, 0.25) is 0 Å². The Morgan fingerprint density at radius 3 is 0.741 bits per heavy atom. The molecule has 0 atom stereocenters. The summed E-state index contributed by atoms with van der Waals surface area (Å²) in [5, 5.41) is 0. The number of fused-ring (bicyclic) bond motifs is 6. The lowest BCUT2D eigenvalue weighted by Gasteiger charge is -2.34. The van der Waals surface area contributed by atoms with Gasteiger partial charge in [-0.05, 0) is 222 Å². The van der Waals surface area contributed by atoms with Crippen molar-refractivity contribution >= 4 is 139 Å². The first kappa shape index (κ1) is 68.2. The quantitative estimate of drug-likeness (QED) is 0.0805. The van der Waals surface area contributed by atoms with Crippen molar-refractivity contribution in [3.63, 3.8) is 0 Å². The molecule has 678 valence electrons. The lowest BCUT2D eigenvalue weighted by atomic mass is 9.20. The van der Waals surface area contributed by atoms with Crippen LogP contribution in [-0.2, 0) is 21.1 Å². The highest BCUT2D eigenvalue weighted by atomic mass is 14.9. The van der Waals surface area contributed by atoms with Gasteiger partial charge >= 0.3 is 0 Å². The van der Waals surface area contributed by atoms with Crippen molar-refractivity contribution in [3.05, 3.63) is 445 Å². The number of aryl methyl sites for hydroxylation is 22. The van der Waals surface area contributed by atoms with Gasteiger partial charge in [-0.15, -0.1) is 0 Å². The minimum Gasteiger partial charge on any atom is -0.201 e. The smallest absolute Gasteiger partial charge is 0.201 e. The van der Waals surface area contributed by atoms with Crippen molar-refractivity contribution in [1.82, 2.24) is 0 Å². The molecule has 0 saturated carbocycles. The minimum absolute atomic E-state index is 0.144. The zero-order valence-electron chi connectivity index (χ0n) is 107. The SMILES string of the molecule is [2H]C([2H])([2H])c1c[n+](C)c(-c2cc(-c3ccc4c(c3)B(c3c(C)cccc3C([2H])([2H])[2H])c3ccccc3B4c3c(C)cccc3C([2H])([2H])[2H])ccc2C)cc1C.[2H]C([2H])([2H])c1c[n+](C)c(-c2cc(-c3ccc4c(c3)B(c3c(C)cccc3C([2H])([2H])[2H])c3ccccc3B4c3c(C)cccc3C([2H])([2H])[2H])ccc2C)cc1C([2H])(C)C.[2H]C([2H])([2H])c1cccc(C)c1B1c2ccccc2B(c2c(C)cccc2C([2H])([2H])[2H])c2cc(-c3ccc(C)c(-c4cc(C)cc[n+]4C)c3)ccc21. The van der Waals surface area contributed by atoms with E-state index in [1.807, 2.05) is 207 Å². The van der Waals surface area contributed by atoms with Crippen molar-refractivity contribution in [2.45, 2.75) is 151 Å². The molecule has 3 aromatic heterocycles. The number of hydrogen-bond acceptors (Lipinski definition) is 0.